The van der Waals surface area contributed by atoms with Gasteiger partial charge in [-0.3, -0.25) is 4.79 Å². The van der Waals surface area contributed by atoms with Crippen LogP contribution in [0.3, 0.4) is 0 Å². The second-order valence-electron chi connectivity index (χ2n) is 4.90. The van der Waals surface area contributed by atoms with Crippen LogP contribution in [0.25, 0.3) is 0 Å². The van der Waals surface area contributed by atoms with E-state index in [-0.39, 0.29) is 18.6 Å². The smallest absolute Gasteiger partial charge is 0.338 e. The Morgan fingerprint density at radius 2 is 1.80 bits per heavy atom. The number of benzene rings is 1. The van der Waals surface area contributed by atoms with Gasteiger partial charge < -0.3 is 10.1 Å². The summed E-state index contributed by atoms with van der Waals surface area (Å²) in [6, 6.07) is 7.15. The van der Waals surface area contributed by atoms with Crippen molar-refractivity contribution in [2.75, 3.05) is 12.9 Å². The molecule has 1 atom stereocenters. The van der Waals surface area contributed by atoms with Gasteiger partial charge in [-0.2, -0.15) is 0 Å². The summed E-state index contributed by atoms with van der Waals surface area (Å²) in [7, 11) is 0. The summed E-state index contributed by atoms with van der Waals surface area (Å²) in [5, 5.41) is 2.78. The fourth-order valence-electron chi connectivity index (χ4n) is 1.40. The normalized spacial score (nSPS) is 12.1. The highest BCUT2D eigenvalue weighted by Crippen LogP contribution is 2.15. The van der Waals surface area contributed by atoms with E-state index in [0.29, 0.717) is 11.5 Å². The number of rotatable bonds is 6. The minimum Gasteiger partial charge on any atom is -0.452 e. The molecule has 0 fully saturated rings. The summed E-state index contributed by atoms with van der Waals surface area (Å²) in [5.74, 6) is -0.418. The summed E-state index contributed by atoms with van der Waals surface area (Å²) in [4.78, 5) is 24.4. The summed E-state index contributed by atoms with van der Waals surface area (Å²) in [5.41, 5.74) is 0.451. The maximum absolute atomic E-state index is 11.8. The first-order chi connectivity index (χ1) is 9.43. The summed E-state index contributed by atoms with van der Waals surface area (Å²) >= 11 is 1.60. The molecule has 1 amide bonds. The van der Waals surface area contributed by atoms with Gasteiger partial charge >= 0.3 is 5.97 Å². The topological polar surface area (TPSA) is 55.4 Å². The van der Waals surface area contributed by atoms with Crippen molar-refractivity contribution in [1.82, 2.24) is 5.32 Å². The van der Waals surface area contributed by atoms with Gasteiger partial charge in [-0.1, -0.05) is 13.8 Å². The van der Waals surface area contributed by atoms with E-state index in [1.54, 1.807) is 23.9 Å². The molecule has 0 aliphatic heterocycles. The van der Waals surface area contributed by atoms with E-state index in [0.717, 1.165) is 4.90 Å². The monoisotopic (exact) mass is 295 g/mol. The first kappa shape index (κ1) is 16.6. The lowest BCUT2D eigenvalue weighted by Gasteiger charge is -2.17. The second kappa shape index (κ2) is 7.94. The Kier molecular flexibility index (Phi) is 6.58. The van der Waals surface area contributed by atoms with Crippen LogP contribution in [-0.2, 0) is 9.53 Å². The second-order valence-corrected chi connectivity index (χ2v) is 5.78. The van der Waals surface area contributed by atoms with E-state index in [1.165, 1.54) is 0 Å². The fraction of sp³-hybridized carbons (Fsp3) is 0.467. The molecule has 1 rings (SSSR count). The van der Waals surface area contributed by atoms with Crippen LogP contribution in [0.4, 0.5) is 0 Å². The summed E-state index contributed by atoms with van der Waals surface area (Å²) in [6.45, 7) is 5.71. The Hall–Kier alpha value is -1.49. The third-order valence-corrected chi connectivity index (χ3v) is 3.79. The van der Waals surface area contributed by atoms with Crippen molar-refractivity contribution in [3.8, 4) is 0 Å². The van der Waals surface area contributed by atoms with Gasteiger partial charge in [0.2, 0.25) is 0 Å². The zero-order valence-corrected chi connectivity index (χ0v) is 13.1. The van der Waals surface area contributed by atoms with Crippen LogP contribution in [0.15, 0.2) is 29.2 Å². The molecule has 0 spiro atoms. The van der Waals surface area contributed by atoms with E-state index < -0.39 is 5.97 Å². The molecule has 0 saturated heterocycles. The van der Waals surface area contributed by atoms with Crippen LogP contribution < -0.4 is 5.32 Å². The van der Waals surface area contributed by atoms with E-state index in [1.807, 2.05) is 39.2 Å². The molecule has 0 saturated carbocycles. The third kappa shape index (κ3) is 5.25. The van der Waals surface area contributed by atoms with Gasteiger partial charge in [0.1, 0.15) is 0 Å². The van der Waals surface area contributed by atoms with Crippen molar-refractivity contribution < 1.29 is 14.3 Å². The quantitative estimate of drug-likeness (QED) is 0.647. The van der Waals surface area contributed by atoms with Gasteiger partial charge in [-0.25, -0.2) is 4.79 Å². The molecule has 0 radical (unpaired) electrons. The van der Waals surface area contributed by atoms with Gasteiger partial charge in [-0.05, 0) is 43.4 Å². The molecule has 20 heavy (non-hydrogen) atoms. The first-order valence-corrected chi connectivity index (χ1v) is 7.77. The van der Waals surface area contributed by atoms with Crippen LogP contribution in [0.2, 0.25) is 0 Å². The van der Waals surface area contributed by atoms with Gasteiger partial charge in [0.05, 0.1) is 5.56 Å². The van der Waals surface area contributed by atoms with Crippen LogP contribution in [0.5, 0.6) is 0 Å². The van der Waals surface area contributed by atoms with Crippen molar-refractivity contribution in [2.45, 2.75) is 31.7 Å². The Morgan fingerprint density at radius 1 is 1.20 bits per heavy atom. The van der Waals surface area contributed by atoms with E-state index in [4.69, 9.17) is 4.74 Å². The number of carbonyl (C=O) groups excluding carboxylic acids is 2. The largest absolute Gasteiger partial charge is 0.452 e. The zero-order chi connectivity index (χ0) is 15.1. The van der Waals surface area contributed by atoms with E-state index >= 15 is 0 Å². The van der Waals surface area contributed by atoms with Crippen molar-refractivity contribution in [3.63, 3.8) is 0 Å². The number of nitrogens with one attached hydrogen (secondary N) is 1. The minimum atomic E-state index is -0.481. The Labute approximate surface area is 124 Å². The number of hydrogen-bond acceptors (Lipinski definition) is 4. The molecule has 0 unspecified atom stereocenters. The van der Waals surface area contributed by atoms with Gasteiger partial charge in [0, 0.05) is 10.9 Å². The van der Waals surface area contributed by atoms with Gasteiger partial charge in [-0.15, -0.1) is 11.8 Å². The molecule has 5 heteroatoms. The van der Waals surface area contributed by atoms with Crippen molar-refractivity contribution in [2.24, 2.45) is 5.92 Å². The average Bonchev–Trinajstić information content (AvgIpc) is 2.44. The molecular weight excluding hydrogens is 274 g/mol. The number of amides is 1. The highest BCUT2D eigenvalue weighted by atomic mass is 32.2. The molecule has 0 aliphatic carbocycles. The van der Waals surface area contributed by atoms with Gasteiger partial charge in [0.15, 0.2) is 6.61 Å². The molecule has 0 heterocycles. The number of esters is 1. The highest BCUT2D eigenvalue weighted by molar-refractivity contribution is 7.98. The molecule has 1 aromatic rings. The Bertz CT molecular complexity index is 457. The first-order valence-electron chi connectivity index (χ1n) is 6.54. The van der Waals surface area contributed by atoms with Gasteiger partial charge in [0.25, 0.3) is 5.91 Å². The van der Waals surface area contributed by atoms with E-state index in [2.05, 4.69) is 5.32 Å². The number of thioether (sulfide) groups is 1. The zero-order valence-electron chi connectivity index (χ0n) is 12.3. The predicted octanol–water partition coefficient (Wildman–Crippen LogP) is 2.73. The molecule has 110 valence electrons. The van der Waals surface area contributed by atoms with Crippen LogP contribution in [0.1, 0.15) is 31.1 Å². The summed E-state index contributed by atoms with van der Waals surface area (Å²) in [6.07, 6.45) is 1.97. The maximum atomic E-state index is 11.8. The van der Waals surface area contributed by atoms with Crippen LogP contribution in [0, 0.1) is 5.92 Å². The molecule has 0 aliphatic rings. The molecular formula is C15H21NO3S. The molecule has 0 aromatic heterocycles. The van der Waals surface area contributed by atoms with E-state index in [9.17, 15) is 9.59 Å². The third-order valence-electron chi connectivity index (χ3n) is 3.05. The maximum Gasteiger partial charge on any atom is 0.338 e. The highest BCUT2D eigenvalue weighted by Gasteiger charge is 2.13. The standard InChI is InChI=1S/C15H21NO3S/c1-10(2)11(3)16-14(17)9-19-15(18)12-5-7-13(20-4)8-6-12/h5-8,10-11H,9H2,1-4H3,(H,16,17)/t11-/m0/s1. The minimum absolute atomic E-state index is 0.0575. The predicted molar refractivity (Wildman–Crippen MR) is 80.9 cm³/mol. The van der Waals surface area contributed by atoms with Crippen molar-refractivity contribution in [1.29, 1.82) is 0 Å². The van der Waals surface area contributed by atoms with Crippen LogP contribution >= 0.6 is 11.8 Å². The SMILES string of the molecule is CSc1ccc(C(=O)OCC(=O)N[C@@H](C)C(C)C)cc1. The Morgan fingerprint density at radius 3 is 2.30 bits per heavy atom. The Balaban J connectivity index is 2.44. The van der Waals surface area contributed by atoms with Crippen molar-refractivity contribution in [3.05, 3.63) is 29.8 Å². The van der Waals surface area contributed by atoms with Crippen LogP contribution in [-0.4, -0.2) is 30.8 Å². The average molecular weight is 295 g/mol. The molecule has 4 nitrogen and oxygen atoms in total. The molecule has 1 aromatic carbocycles. The number of ether oxygens (including phenoxy) is 1. The number of hydrogen-bond donors (Lipinski definition) is 1. The lowest BCUT2D eigenvalue weighted by Crippen LogP contribution is -2.38. The van der Waals surface area contributed by atoms with Crippen molar-refractivity contribution >= 4 is 23.6 Å². The lowest BCUT2D eigenvalue weighted by molar-refractivity contribution is -0.125. The summed E-state index contributed by atoms with van der Waals surface area (Å²) < 4.78 is 4.99. The fourth-order valence-corrected chi connectivity index (χ4v) is 1.81. The molecule has 1 N–H and O–H groups in total. The lowest BCUT2D eigenvalue weighted by atomic mass is 10.1. The molecule has 0 bridgehead atoms. The number of carbonyl (C=O) groups is 2.